The lowest BCUT2D eigenvalue weighted by Gasteiger charge is -2.26. The van der Waals surface area contributed by atoms with Gasteiger partial charge in [-0.05, 0) is 13.0 Å². The highest BCUT2D eigenvalue weighted by Gasteiger charge is 2.26. The summed E-state index contributed by atoms with van der Waals surface area (Å²) < 4.78 is 2.04. The van der Waals surface area contributed by atoms with Crippen LogP contribution in [0.5, 0.6) is 0 Å². The number of hydrogen-bond donors (Lipinski definition) is 2. The summed E-state index contributed by atoms with van der Waals surface area (Å²) in [5.41, 5.74) is 8.53. The third-order valence-electron chi connectivity index (χ3n) is 2.94. The highest BCUT2D eigenvalue weighted by atomic mass is 32.2. The topological polar surface area (TPSA) is 55.9 Å². The van der Waals surface area contributed by atoms with Crippen molar-refractivity contribution in [3.63, 3.8) is 0 Å². The second kappa shape index (κ2) is 3.17. The summed E-state index contributed by atoms with van der Waals surface area (Å²) in [6, 6.07) is 0.547. The first-order valence-corrected chi connectivity index (χ1v) is 6.16. The summed E-state index contributed by atoms with van der Waals surface area (Å²) in [7, 11) is 0. The van der Waals surface area contributed by atoms with Crippen LogP contribution in [0.1, 0.15) is 17.3 Å². The van der Waals surface area contributed by atoms with Gasteiger partial charge in [0.2, 0.25) is 0 Å². The van der Waals surface area contributed by atoms with Crippen molar-refractivity contribution in [1.29, 1.82) is 0 Å². The molecule has 3 N–H and O–H groups in total. The van der Waals surface area contributed by atoms with Gasteiger partial charge in [-0.3, -0.25) is 0 Å². The number of nitrogens with zero attached hydrogens (tertiary/aromatic N) is 2. The number of nitrogens with two attached hydrogens (primary N) is 1. The molecule has 1 fully saturated rings. The summed E-state index contributed by atoms with van der Waals surface area (Å²) in [4.78, 5) is 0. The van der Waals surface area contributed by atoms with E-state index in [4.69, 9.17) is 5.73 Å². The van der Waals surface area contributed by atoms with Gasteiger partial charge in [-0.25, -0.2) is 4.68 Å². The van der Waals surface area contributed by atoms with Crippen molar-refractivity contribution in [3.8, 4) is 0 Å². The molecule has 0 bridgehead atoms. The normalized spacial score (nSPS) is 21.7. The maximum atomic E-state index is 6.10. The second-order valence-electron chi connectivity index (χ2n) is 3.87. The highest BCUT2D eigenvalue weighted by molar-refractivity contribution is 8.00. The van der Waals surface area contributed by atoms with Crippen molar-refractivity contribution in [2.45, 2.75) is 19.0 Å². The zero-order valence-corrected chi connectivity index (χ0v) is 8.81. The molecule has 0 saturated carbocycles. The third kappa shape index (κ3) is 1.15. The molecule has 2 aliphatic heterocycles. The van der Waals surface area contributed by atoms with E-state index in [1.807, 2.05) is 16.4 Å². The van der Waals surface area contributed by atoms with E-state index in [1.165, 1.54) is 5.56 Å². The lowest BCUT2D eigenvalue weighted by molar-refractivity contribution is 0.524. The number of nitrogens with one attached hydrogen (secondary N) is 1. The average molecular weight is 210 g/mol. The third-order valence-corrected chi connectivity index (χ3v) is 4.18. The molecule has 0 aromatic carbocycles. The molecule has 76 valence electrons. The van der Waals surface area contributed by atoms with Gasteiger partial charge in [-0.2, -0.15) is 16.9 Å². The first kappa shape index (κ1) is 8.61. The fourth-order valence-corrected chi connectivity index (χ4v) is 2.74. The molecule has 5 heteroatoms. The van der Waals surface area contributed by atoms with Crippen molar-refractivity contribution < 1.29 is 0 Å². The summed E-state index contributed by atoms with van der Waals surface area (Å²) in [5.74, 6) is 3.24. The van der Waals surface area contributed by atoms with Gasteiger partial charge < -0.3 is 11.1 Å². The minimum Gasteiger partial charge on any atom is -0.384 e. The van der Waals surface area contributed by atoms with Crippen LogP contribution in [0.2, 0.25) is 0 Å². The monoisotopic (exact) mass is 210 g/mol. The van der Waals surface area contributed by atoms with E-state index in [0.29, 0.717) is 6.04 Å². The van der Waals surface area contributed by atoms with E-state index in [9.17, 15) is 0 Å². The highest BCUT2D eigenvalue weighted by Crippen LogP contribution is 2.33. The maximum absolute atomic E-state index is 6.10. The molecule has 3 rings (SSSR count). The minimum absolute atomic E-state index is 0.547. The fourth-order valence-electron chi connectivity index (χ4n) is 2.01. The molecule has 0 radical (unpaired) electrons. The number of hydrogen-bond acceptors (Lipinski definition) is 4. The molecule has 2 aliphatic rings. The lowest BCUT2D eigenvalue weighted by Crippen LogP contribution is -2.25. The Morgan fingerprint density at radius 2 is 2.36 bits per heavy atom. The Morgan fingerprint density at radius 1 is 1.50 bits per heavy atom. The molecule has 0 atom stereocenters. The van der Waals surface area contributed by atoms with Crippen molar-refractivity contribution in [3.05, 3.63) is 11.3 Å². The van der Waals surface area contributed by atoms with E-state index in [0.717, 1.165) is 42.5 Å². The zero-order valence-electron chi connectivity index (χ0n) is 7.99. The fraction of sp³-hybridized carbons (Fsp3) is 0.667. The minimum atomic E-state index is 0.547. The van der Waals surface area contributed by atoms with Gasteiger partial charge in [0.25, 0.3) is 0 Å². The van der Waals surface area contributed by atoms with Gasteiger partial charge in [-0.1, -0.05) is 0 Å². The lowest BCUT2D eigenvalue weighted by atomic mass is 10.1. The van der Waals surface area contributed by atoms with Gasteiger partial charge in [0.15, 0.2) is 0 Å². The Balaban J connectivity index is 2.00. The first-order chi connectivity index (χ1) is 6.86. The molecule has 14 heavy (non-hydrogen) atoms. The van der Waals surface area contributed by atoms with E-state index in [-0.39, 0.29) is 0 Å². The smallest absolute Gasteiger partial charge is 0.125 e. The van der Waals surface area contributed by atoms with Crippen LogP contribution >= 0.6 is 11.8 Å². The summed E-state index contributed by atoms with van der Waals surface area (Å²) >= 11 is 1.96. The van der Waals surface area contributed by atoms with Crippen LogP contribution in [0.25, 0.3) is 0 Å². The van der Waals surface area contributed by atoms with Crippen LogP contribution in [0, 0.1) is 0 Å². The number of rotatable bonds is 1. The van der Waals surface area contributed by atoms with Gasteiger partial charge in [0, 0.05) is 23.6 Å². The van der Waals surface area contributed by atoms with Crippen molar-refractivity contribution >= 4 is 17.6 Å². The van der Waals surface area contributed by atoms with Crippen LogP contribution in [0.3, 0.4) is 0 Å². The molecular weight excluding hydrogens is 196 g/mol. The Bertz CT molecular complexity index is 356. The molecule has 0 aliphatic carbocycles. The molecule has 1 aromatic rings. The van der Waals surface area contributed by atoms with E-state index in [1.54, 1.807) is 0 Å². The van der Waals surface area contributed by atoms with Crippen LogP contribution in [-0.2, 0) is 13.0 Å². The largest absolute Gasteiger partial charge is 0.384 e. The first-order valence-electron chi connectivity index (χ1n) is 5.00. The quantitative estimate of drug-likeness (QED) is 0.704. The second-order valence-corrected chi connectivity index (χ2v) is 4.95. The van der Waals surface area contributed by atoms with Crippen LogP contribution in [0.15, 0.2) is 0 Å². The van der Waals surface area contributed by atoms with E-state index >= 15 is 0 Å². The Labute approximate surface area is 87.2 Å². The number of fused-ring (bicyclic) bond motifs is 1. The maximum Gasteiger partial charge on any atom is 0.125 e. The molecule has 3 heterocycles. The molecule has 0 spiro atoms. The SMILES string of the molecule is Nc1c2c(nn1C1CSC1)CNCC2. The van der Waals surface area contributed by atoms with Gasteiger partial charge in [0.05, 0.1) is 11.7 Å². The summed E-state index contributed by atoms with van der Waals surface area (Å²) in [6.07, 6.45) is 1.03. The summed E-state index contributed by atoms with van der Waals surface area (Å²) in [6.45, 7) is 1.91. The predicted octanol–water partition coefficient (Wildman–Crippen LogP) is 0.399. The number of aromatic nitrogens is 2. The van der Waals surface area contributed by atoms with Crippen LogP contribution in [-0.4, -0.2) is 27.8 Å². The van der Waals surface area contributed by atoms with Crippen LogP contribution in [0.4, 0.5) is 5.82 Å². The predicted molar refractivity (Wildman–Crippen MR) is 58.4 cm³/mol. The van der Waals surface area contributed by atoms with Gasteiger partial charge >= 0.3 is 0 Å². The standard InChI is InChI=1S/C9H14N4S/c10-9-7-1-2-11-3-8(7)12-13(9)6-4-14-5-6/h6,11H,1-5,10H2. The number of anilines is 1. The van der Waals surface area contributed by atoms with E-state index < -0.39 is 0 Å². The van der Waals surface area contributed by atoms with E-state index in [2.05, 4.69) is 10.4 Å². The Morgan fingerprint density at radius 3 is 3.00 bits per heavy atom. The number of nitrogen functional groups attached to an aromatic ring is 1. The molecule has 1 saturated heterocycles. The molecule has 0 amide bonds. The zero-order chi connectivity index (χ0) is 9.54. The Hall–Kier alpha value is -0.680. The Kier molecular flexibility index (Phi) is 1.95. The average Bonchev–Trinajstić information content (AvgIpc) is 2.43. The van der Waals surface area contributed by atoms with Crippen molar-refractivity contribution in [2.24, 2.45) is 0 Å². The van der Waals surface area contributed by atoms with Gasteiger partial charge in [-0.15, -0.1) is 0 Å². The summed E-state index contributed by atoms with van der Waals surface area (Å²) in [5, 5.41) is 7.91. The number of thioether (sulfide) groups is 1. The molecule has 4 nitrogen and oxygen atoms in total. The van der Waals surface area contributed by atoms with Crippen LogP contribution < -0.4 is 11.1 Å². The van der Waals surface area contributed by atoms with Crippen molar-refractivity contribution in [2.75, 3.05) is 23.8 Å². The molecule has 1 aromatic heterocycles. The van der Waals surface area contributed by atoms with Crippen molar-refractivity contribution in [1.82, 2.24) is 15.1 Å². The molecule has 0 unspecified atom stereocenters. The molecular formula is C9H14N4S. The van der Waals surface area contributed by atoms with Gasteiger partial charge in [0.1, 0.15) is 5.82 Å².